The molecule has 1 aromatic carbocycles. The number of pyridine rings is 1. The minimum atomic E-state index is -0.475. The van der Waals surface area contributed by atoms with E-state index in [4.69, 9.17) is 11.5 Å². The molecular formula is C15H10FN6S. The van der Waals surface area contributed by atoms with Crippen molar-refractivity contribution in [3.8, 4) is 22.4 Å². The van der Waals surface area contributed by atoms with Crippen molar-refractivity contribution in [3.05, 3.63) is 42.6 Å². The number of hydrogen-bond acceptors (Lipinski definition) is 6. The van der Waals surface area contributed by atoms with Gasteiger partial charge in [-0.2, -0.15) is 9.47 Å². The van der Waals surface area contributed by atoms with Crippen molar-refractivity contribution < 1.29 is 4.39 Å². The van der Waals surface area contributed by atoms with Crippen LogP contribution in [0.4, 0.5) is 15.9 Å². The van der Waals surface area contributed by atoms with Crippen molar-refractivity contribution in [1.82, 2.24) is 19.6 Å². The molecule has 113 valence electrons. The fourth-order valence-electron chi connectivity index (χ4n) is 2.44. The van der Waals surface area contributed by atoms with E-state index in [9.17, 15) is 4.39 Å². The van der Waals surface area contributed by atoms with E-state index >= 15 is 0 Å². The average molecular weight is 325 g/mol. The molecule has 5 N–H and O–H groups in total. The van der Waals surface area contributed by atoms with Gasteiger partial charge in [0, 0.05) is 40.8 Å². The largest absolute Gasteiger partial charge is 0.398 e. The van der Waals surface area contributed by atoms with Gasteiger partial charge in [0.1, 0.15) is 11.6 Å². The van der Waals surface area contributed by atoms with Gasteiger partial charge in [-0.1, -0.05) is 0 Å². The van der Waals surface area contributed by atoms with E-state index in [1.807, 2.05) is 0 Å². The minimum absolute atomic E-state index is 0.230. The summed E-state index contributed by atoms with van der Waals surface area (Å²) in [5.74, 6) is -0.161. The van der Waals surface area contributed by atoms with E-state index in [0.29, 0.717) is 16.9 Å². The Hall–Kier alpha value is -3.00. The summed E-state index contributed by atoms with van der Waals surface area (Å²) in [6.07, 6.45) is 5.10. The molecule has 6 nitrogen and oxygen atoms in total. The highest BCUT2D eigenvalue weighted by Crippen LogP contribution is 2.39. The van der Waals surface area contributed by atoms with Gasteiger partial charge in [-0.15, -0.1) is 0 Å². The molecule has 8 heteroatoms. The van der Waals surface area contributed by atoms with Crippen molar-refractivity contribution in [1.29, 1.82) is 0 Å². The van der Waals surface area contributed by atoms with Gasteiger partial charge in [0.2, 0.25) is 0 Å². The highest BCUT2D eigenvalue weighted by Gasteiger charge is 2.19. The second-order valence-electron chi connectivity index (χ2n) is 4.93. The molecule has 0 atom stereocenters. The van der Waals surface area contributed by atoms with Crippen LogP contribution >= 0.6 is 11.5 Å². The van der Waals surface area contributed by atoms with Crippen LogP contribution < -0.4 is 11.5 Å². The number of aromatic amines is 1. The number of nitrogens with two attached hydrogens (primary N) is 2. The third-order valence-electron chi connectivity index (χ3n) is 3.51. The summed E-state index contributed by atoms with van der Waals surface area (Å²) in [5.41, 5.74) is 14.2. The lowest BCUT2D eigenvalue weighted by Gasteiger charge is -2.07. The number of fused-ring (bicyclic) bond motifs is 1. The standard InChI is InChI=1S/C15H10FN6S/c16-11-3-8(17)1-2-9(11)13-12-14(23-22-15(12)18)10(6-19-13)7-4-20-21-5-7/h2-6H,17H2,(H2,18,22)(H,20,21). The summed E-state index contributed by atoms with van der Waals surface area (Å²) in [6.45, 7) is 0. The van der Waals surface area contributed by atoms with Crippen molar-refractivity contribution in [3.63, 3.8) is 0 Å². The van der Waals surface area contributed by atoms with Crippen LogP contribution in [-0.4, -0.2) is 19.6 Å². The molecule has 3 heterocycles. The SMILES string of the molecule is Nc1[c]cc(-c2ncc(-c3cn[nH]c3)c3snc(N)c23)c(F)c1. The number of nitrogens with one attached hydrogen (secondary N) is 1. The van der Waals surface area contributed by atoms with Crippen LogP contribution in [0.2, 0.25) is 0 Å². The maximum absolute atomic E-state index is 14.3. The monoisotopic (exact) mass is 325 g/mol. The predicted octanol–water partition coefficient (Wildman–Crippen LogP) is 2.85. The lowest BCUT2D eigenvalue weighted by atomic mass is 10.0. The summed E-state index contributed by atoms with van der Waals surface area (Å²) in [7, 11) is 0. The van der Waals surface area contributed by atoms with E-state index in [2.05, 4.69) is 25.6 Å². The molecule has 0 amide bonds. The molecular weight excluding hydrogens is 315 g/mol. The first-order valence-corrected chi connectivity index (χ1v) is 7.42. The highest BCUT2D eigenvalue weighted by molar-refractivity contribution is 7.14. The van der Waals surface area contributed by atoms with Crippen LogP contribution in [0.3, 0.4) is 0 Å². The molecule has 4 rings (SSSR count). The zero-order valence-electron chi connectivity index (χ0n) is 11.7. The quantitative estimate of drug-likeness (QED) is 0.491. The number of nitrogen functional groups attached to an aromatic ring is 2. The lowest BCUT2D eigenvalue weighted by molar-refractivity contribution is 0.631. The molecule has 3 aromatic heterocycles. The first-order valence-electron chi connectivity index (χ1n) is 6.65. The highest BCUT2D eigenvalue weighted by atomic mass is 32.1. The molecule has 0 spiro atoms. The third-order valence-corrected chi connectivity index (χ3v) is 4.40. The maximum atomic E-state index is 14.3. The van der Waals surface area contributed by atoms with Gasteiger partial charge in [0.05, 0.1) is 22.0 Å². The molecule has 1 radical (unpaired) electrons. The fraction of sp³-hybridized carbons (Fsp3) is 0. The topological polar surface area (TPSA) is 106 Å². The summed E-state index contributed by atoms with van der Waals surface area (Å²) >= 11 is 1.24. The van der Waals surface area contributed by atoms with Gasteiger partial charge in [-0.25, -0.2) is 4.39 Å². The van der Waals surface area contributed by atoms with E-state index in [-0.39, 0.29) is 11.3 Å². The molecule has 0 aliphatic heterocycles. The number of benzene rings is 1. The number of hydrogen-bond donors (Lipinski definition) is 3. The Kier molecular flexibility index (Phi) is 2.98. The summed E-state index contributed by atoms with van der Waals surface area (Å²) in [4.78, 5) is 4.40. The Morgan fingerprint density at radius 3 is 2.83 bits per heavy atom. The molecule has 0 saturated heterocycles. The zero-order chi connectivity index (χ0) is 16.0. The average Bonchev–Trinajstić information content (AvgIpc) is 3.17. The predicted molar refractivity (Wildman–Crippen MR) is 88.1 cm³/mol. The van der Waals surface area contributed by atoms with Crippen LogP contribution in [0.5, 0.6) is 0 Å². The Labute approximate surface area is 134 Å². The van der Waals surface area contributed by atoms with E-state index in [1.165, 1.54) is 23.7 Å². The number of halogens is 1. The van der Waals surface area contributed by atoms with Crippen molar-refractivity contribution in [2.24, 2.45) is 0 Å². The van der Waals surface area contributed by atoms with Crippen molar-refractivity contribution >= 4 is 33.1 Å². The molecule has 0 bridgehead atoms. The third kappa shape index (κ3) is 2.11. The smallest absolute Gasteiger partial charge is 0.147 e. The second-order valence-corrected chi connectivity index (χ2v) is 5.70. The maximum Gasteiger partial charge on any atom is 0.147 e. The van der Waals surface area contributed by atoms with Crippen molar-refractivity contribution in [2.75, 3.05) is 11.5 Å². The van der Waals surface area contributed by atoms with Crippen LogP contribution in [0.1, 0.15) is 0 Å². The number of anilines is 2. The van der Waals surface area contributed by atoms with Crippen LogP contribution in [0, 0.1) is 11.9 Å². The normalized spacial score (nSPS) is 11.2. The van der Waals surface area contributed by atoms with E-state index in [1.54, 1.807) is 18.6 Å². The minimum Gasteiger partial charge on any atom is -0.398 e. The van der Waals surface area contributed by atoms with Gasteiger partial charge in [0.15, 0.2) is 0 Å². The summed E-state index contributed by atoms with van der Waals surface area (Å²) in [6, 6.07) is 5.47. The molecule has 23 heavy (non-hydrogen) atoms. The Morgan fingerprint density at radius 1 is 1.22 bits per heavy atom. The Bertz CT molecular complexity index is 1010. The van der Waals surface area contributed by atoms with E-state index in [0.717, 1.165) is 15.8 Å². The van der Waals surface area contributed by atoms with Gasteiger partial charge in [0.25, 0.3) is 0 Å². The Morgan fingerprint density at radius 2 is 2.09 bits per heavy atom. The molecule has 0 aliphatic rings. The van der Waals surface area contributed by atoms with Gasteiger partial charge >= 0.3 is 0 Å². The summed E-state index contributed by atoms with van der Waals surface area (Å²) in [5, 5.41) is 7.31. The first kappa shape index (κ1) is 13.6. The van der Waals surface area contributed by atoms with Crippen LogP contribution in [-0.2, 0) is 0 Å². The number of aromatic nitrogens is 4. The van der Waals surface area contributed by atoms with Gasteiger partial charge in [-0.05, 0) is 23.7 Å². The molecule has 4 aromatic rings. The Balaban J connectivity index is 2.03. The fourth-order valence-corrected chi connectivity index (χ4v) is 3.28. The molecule has 0 unspecified atom stereocenters. The molecule has 0 fully saturated rings. The first-order chi connectivity index (χ1) is 11.1. The number of H-pyrrole nitrogens is 1. The number of nitrogens with zero attached hydrogens (tertiary/aromatic N) is 3. The van der Waals surface area contributed by atoms with Gasteiger partial charge < -0.3 is 11.5 Å². The number of rotatable bonds is 2. The van der Waals surface area contributed by atoms with E-state index < -0.39 is 5.82 Å². The second kappa shape index (κ2) is 5.03. The molecule has 0 aliphatic carbocycles. The zero-order valence-corrected chi connectivity index (χ0v) is 12.5. The van der Waals surface area contributed by atoms with Crippen LogP contribution in [0.15, 0.2) is 30.7 Å². The van der Waals surface area contributed by atoms with Gasteiger partial charge in [-0.3, -0.25) is 10.1 Å². The van der Waals surface area contributed by atoms with Crippen molar-refractivity contribution in [2.45, 2.75) is 0 Å². The lowest BCUT2D eigenvalue weighted by Crippen LogP contribution is -1.95. The van der Waals surface area contributed by atoms with Crippen LogP contribution in [0.25, 0.3) is 32.5 Å². The molecule has 0 saturated carbocycles. The summed E-state index contributed by atoms with van der Waals surface area (Å²) < 4.78 is 19.3.